The molecule has 12 heteroatoms. The fraction of sp³-hybridized carbons (Fsp3) is 0.462. The maximum absolute atomic E-state index is 13.9. The third-order valence-electron chi connectivity index (χ3n) is 6.23. The molecule has 0 saturated heterocycles. The Morgan fingerprint density at radius 3 is 2.37 bits per heavy atom. The molecule has 2 amide bonds. The Kier molecular flexibility index (Phi) is 10.5. The van der Waals surface area contributed by atoms with Gasteiger partial charge in [-0.3, -0.25) is 13.9 Å². The molecule has 3 rings (SSSR count). The standard InChI is InChI=1S/C26H33Cl2N3O6S/c1-4-7-13-29-26(33)22(5-2)30(15-19-20(27)9-8-10-21(19)28)25(32)16-31(38(34,35)6-3)18-11-12-23-24(14-18)37-17-36-23/h8-12,14,22H,4-7,13,15-17H2,1-3H3,(H,29,33)/t22-/m1/s1. The quantitative estimate of drug-likeness (QED) is 0.344. The van der Waals surface area contributed by atoms with E-state index in [2.05, 4.69) is 5.32 Å². The van der Waals surface area contributed by atoms with E-state index in [0.717, 1.165) is 17.1 Å². The Morgan fingerprint density at radius 2 is 1.74 bits per heavy atom. The molecule has 2 aromatic rings. The molecule has 1 heterocycles. The van der Waals surface area contributed by atoms with Crippen molar-refractivity contribution in [1.29, 1.82) is 0 Å². The lowest BCUT2D eigenvalue weighted by molar-refractivity contribution is -0.140. The normalized spacial score (nSPS) is 13.2. The predicted octanol–water partition coefficient (Wildman–Crippen LogP) is 4.60. The van der Waals surface area contributed by atoms with Crippen molar-refractivity contribution in [2.45, 2.75) is 52.6 Å². The van der Waals surface area contributed by atoms with Gasteiger partial charge in [0.25, 0.3) is 0 Å². The summed E-state index contributed by atoms with van der Waals surface area (Å²) in [5.74, 6) is -0.273. The van der Waals surface area contributed by atoms with Crippen LogP contribution >= 0.6 is 23.2 Å². The van der Waals surface area contributed by atoms with Crippen molar-refractivity contribution in [1.82, 2.24) is 10.2 Å². The SMILES string of the molecule is CCCCNC(=O)[C@@H](CC)N(Cc1c(Cl)cccc1Cl)C(=O)CN(c1ccc2c(c1)OCO2)S(=O)(=O)CC. The maximum atomic E-state index is 13.9. The van der Waals surface area contributed by atoms with E-state index < -0.39 is 28.5 Å². The van der Waals surface area contributed by atoms with Crippen LogP contribution in [0.2, 0.25) is 10.0 Å². The molecule has 0 unspecified atom stereocenters. The van der Waals surface area contributed by atoms with Crippen LogP contribution in [0.5, 0.6) is 11.5 Å². The number of hydrogen-bond acceptors (Lipinski definition) is 6. The number of fused-ring (bicyclic) bond motifs is 1. The number of sulfonamides is 1. The van der Waals surface area contributed by atoms with Crippen molar-refractivity contribution in [2.75, 3.05) is 29.9 Å². The monoisotopic (exact) mass is 585 g/mol. The van der Waals surface area contributed by atoms with Crippen LogP contribution < -0.4 is 19.1 Å². The summed E-state index contributed by atoms with van der Waals surface area (Å²) in [7, 11) is -3.88. The number of carbonyl (C=O) groups is 2. The number of benzene rings is 2. The van der Waals surface area contributed by atoms with E-state index in [9.17, 15) is 18.0 Å². The summed E-state index contributed by atoms with van der Waals surface area (Å²) in [4.78, 5) is 28.4. The number of rotatable bonds is 13. The number of ether oxygens (including phenoxy) is 2. The van der Waals surface area contributed by atoms with Gasteiger partial charge in [-0.25, -0.2) is 8.42 Å². The number of anilines is 1. The highest BCUT2D eigenvalue weighted by molar-refractivity contribution is 7.92. The minimum atomic E-state index is -3.88. The Balaban J connectivity index is 1.99. The van der Waals surface area contributed by atoms with Crippen LogP contribution in [0.1, 0.15) is 45.6 Å². The van der Waals surface area contributed by atoms with Crippen LogP contribution in [0.25, 0.3) is 0 Å². The summed E-state index contributed by atoms with van der Waals surface area (Å²) in [5, 5.41) is 3.56. The molecule has 1 atom stereocenters. The van der Waals surface area contributed by atoms with Crippen LogP contribution in [-0.2, 0) is 26.2 Å². The van der Waals surface area contributed by atoms with Crippen molar-refractivity contribution < 1.29 is 27.5 Å². The summed E-state index contributed by atoms with van der Waals surface area (Å²) in [6, 6.07) is 8.78. The van der Waals surface area contributed by atoms with Gasteiger partial charge in [-0.1, -0.05) is 49.5 Å². The predicted molar refractivity (Wildman–Crippen MR) is 148 cm³/mol. The topological polar surface area (TPSA) is 105 Å². The van der Waals surface area contributed by atoms with E-state index >= 15 is 0 Å². The van der Waals surface area contributed by atoms with Crippen molar-refractivity contribution in [3.63, 3.8) is 0 Å². The zero-order valence-corrected chi connectivity index (χ0v) is 24.0. The second-order valence-electron chi connectivity index (χ2n) is 8.74. The fourth-order valence-electron chi connectivity index (χ4n) is 4.04. The molecule has 0 aliphatic carbocycles. The van der Waals surface area contributed by atoms with E-state index in [1.54, 1.807) is 37.3 Å². The fourth-order valence-corrected chi connectivity index (χ4v) is 5.61. The maximum Gasteiger partial charge on any atom is 0.244 e. The Bertz CT molecular complexity index is 1240. The molecule has 0 spiro atoms. The number of nitrogens with one attached hydrogen (secondary N) is 1. The lowest BCUT2D eigenvalue weighted by atomic mass is 10.1. The van der Waals surface area contributed by atoms with Crippen molar-refractivity contribution >= 4 is 50.7 Å². The summed E-state index contributed by atoms with van der Waals surface area (Å²) in [5.41, 5.74) is 0.720. The number of hydrogen-bond donors (Lipinski definition) is 1. The van der Waals surface area contributed by atoms with Gasteiger partial charge in [0.2, 0.25) is 28.6 Å². The van der Waals surface area contributed by atoms with E-state index in [4.69, 9.17) is 32.7 Å². The van der Waals surface area contributed by atoms with Crippen LogP contribution in [0.15, 0.2) is 36.4 Å². The molecule has 2 aromatic carbocycles. The summed E-state index contributed by atoms with van der Waals surface area (Å²) in [6.45, 7) is 5.19. The minimum absolute atomic E-state index is 0.0237. The molecular weight excluding hydrogens is 553 g/mol. The minimum Gasteiger partial charge on any atom is -0.454 e. The number of carbonyl (C=O) groups excluding carboxylic acids is 2. The molecule has 0 aromatic heterocycles. The van der Waals surface area contributed by atoms with Crippen LogP contribution in [0.3, 0.4) is 0 Å². The van der Waals surface area contributed by atoms with Crippen LogP contribution in [0.4, 0.5) is 5.69 Å². The van der Waals surface area contributed by atoms with Gasteiger partial charge in [0, 0.05) is 34.8 Å². The summed E-state index contributed by atoms with van der Waals surface area (Å²) < 4.78 is 38.0. The van der Waals surface area contributed by atoms with Crippen LogP contribution in [0, 0.1) is 0 Å². The lowest BCUT2D eigenvalue weighted by Gasteiger charge is -2.33. The molecule has 38 heavy (non-hydrogen) atoms. The van der Waals surface area contributed by atoms with E-state index in [-0.39, 0.29) is 30.7 Å². The first-order valence-electron chi connectivity index (χ1n) is 12.5. The summed E-state index contributed by atoms with van der Waals surface area (Å²) >= 11 is 12.8. The van der Waals surface area contributed by atoms with Crippen molar-refractivity contribution in [3.8, 4) is 11.5 Å². The smallest absolute Gasteiger partial charge is 0.244 e. The van der Waals surface area contributed by atoms with Crippen molar-refractivity contribution in [3.05, 3.63) is 52.0 Å². The van der Waals surface area contributed by atoms with Gasteiger partial charge in [0.15, 0.2) is 11.5 Å². The molecule has 1 aliphatic rings. The number of halogens is 2. The second kappa shape index (κ2) is 13.4. The Labute approximate surface area is 234 Å². The average Bonchev–Trinajstić information content (AvgIpc) is 3.36. The van der Waals surface area contributed by atoms with Gasteiger partial charge in [0.1, 0.15) is 12.6 Å². The Morgan fingerprint density at radius 1 is 1.05 bits per heavy atom. The molecule has 1 aliphatic heterocycles. The highest BCUT2D eigenvalue weighted by atomic mass is 35.5. The largest absolute Gasteiger partial charge is 0.454 e. The molecule has 1 N–H and O–H groups in total. The van der Waals surface area contributed by atoms with E-state index in [1.165, 1.54) is 17.9 Å². The van der Waals surface area contributed by atoms with Crippen LogP contribution in [-0.4, -0.2) is 56.8 Å². The highest BCUT2D eigenvalue weighted by Gasteiger charge is 2.33. The average molecular weight is 587 g/mol. The van der Waals surface area contributed by atoms with Gasteiger partial charge >= 0.3 is 0 Å². The zero-order valence-electron chi connectivity index (χ0n) is 21.7. The molecular formula is C26H33Cl2N3O6S. The van der Waals surface area contributed by atoms with E-state index in [1.807, 2.05) is 6.92 Å². The zero-order chi connectivity index (χ0) is 27.9. The first kappa shape index (κ1) is 29.9. The molecule has 0 saturated carbocycles. The van der Waals surface area contributed by atoms with Crippen molar-refractivity contribution in [2.24, 2.45) is 0 Å². The first-order chi connectivity index (χ1) is 18.1. The lowest BCUT2D eigenvalue weighted by Crippen LogP contribution is -2.52. The number of amides is 2. The van der Waals surface area contributed by atoms with Gasteiger partial charge in [0.05, 0.1) is 11.4 Å². The highest BCUT2D eigenvalue weighted by Crippen LogP contribution is 2.36. The van der Waals surface area contributed by atoms with E-state index in [0.29, 0.717) is 40.1 Å². The molecule has 0 radical (unpaired) electrons. The number of unbranched alkanes of at least 4 members (excludes halogenated alkanes) is 1. The third kappa shape index (κ3) is 7.03. The summed E-state index contributed by atoms with van der Waals surface area (Å²) in [6.07, 6.45) is 1.99. The van der Waals surface area contributed by atoms with Gasteiger partial charge in [-0.2, -0.15) is 0 Å². The molecule has 9 nitrogen and oxygen atoms in total. The number of nitrogens with zero attached hydrogens (tertiary/aromatic N) is 2. The Hall–Kier alpha value is -2.69. The first-order valence-corrected chi connectivity index (χ1v) is 14.9. The van der Waals surface area contributed by atoms with Gasteiger partial charge in [-0.05, 0) is 44.0 Å². The molecule has 0 fully saturated rings. The third-order valence-corrected chi connectivity index (χ3v) is 8.68. The van der Waals surface area contributed by atoms with Gasteiger partial charge in [-0.15, -0.1) is 0 Å². The molecule has 0 bridgehead atoms. The second-order valence-corrected chi connectivity index (χ2v) is 11.7. The molecule has 208 valence electrons. The van der Waals surface area contributed by atoms with Gasteiger partial charge < -0.3 is 19.7 Å².